The summed E-state index contributed by atoms with van der Waals surface area (Å²) in [6, 6.07) is 18.9. The number of para-hydroxylation sites is 2. The minimum atomic E-state index is -0.787. The molecule has 0 radical (unpaired) electrons. The lowest BCUT2D eigenvalue weighted by atomic mass is 10.3. The zero-order valence-electron chi connectivity index (χ0n) is 9.85. The standard InChI is InChI=1S/C15H14N2O/c18-15(11-16-13-7-3-1-4-8-13)12-17-14-9-5-2-6-10-14/h1-12,15,18H. The molecule has 0 atom stereocenters. The Kier molecular flexibility index (Phi) is 4.39. The molecule has 0 spiro atoms. The second-order valence-electron chi connectivity index (χ2n) is 3.72. The van der Waals surface area contributed by atoms with E-state index < -0.39 is 6.10 Å². The third kappa shape index (κ3) is 3.96. The average Bonchev–Trinajstić information content (AvgIpc) is 2.45. The van der Waals surface area contributed by atoms with Crippen molar-refractivity contribution in [3.8, 4) is 0 Å². The summed E-state index contributed by atoms with van der Waals surface area (Å²) in [4.78, 5) is 8.30. The van der Waals surface area contributed by atoms with Gasteiger partial charge in [-0.15, -0.1) is 0 Å². The summed E-state index contributed by atoms with van der Waals surface area (Å²) in [5.74, 6) is 0. The van der Waals surface area contributed by atoms with E-state index in [1.165, 1.54) is 12.4 Å². The smallest absolute Gasteiger partial charge is 0.124 e. The first-order chi connectivity index (χ1) is 8.84. The van der Waals surface area contributed by atoms with Crippen LogP contribution in [-0.4, -0.2) is 23.6 Å². The van der Waals surface area contributed by atoms with Gasteiger partial charge in [-0.1, -0.05) is 36.4 Å². The molecule has 0 saturated carbocycles. The Balaban J connectivity index is 1.95. The molecule has 0 aliphatic rings. The Morgan fingerprint density at radius 2 is 1.11 bits per heavy atom. The van der Waals surface area contributed by atoms with E-state index in [0.29, 0.717) is 0 Å². The van der Waals surface area contributed by atoms with Crippen LogP contribution in [0.1, 0.15) is 0 Å². The summed E-state index contributed by atoms with van der Waals surface area (Å²) < 4.78 is 0. The first-order valence-corrected chi connectivity index (χ1v) is 5.71. The van der Waals surface area contributed by atoms with Crippen LogP contribution < -0.4 is 0 Å². The van der Waals surface area contributed by atoms with E-state index in [1.54, 1.807) is 0 Å². The van der Waals surface area contributed by atoms with Gasteiger partial charge in [0.25, 0.3) is 0 Å². The van der Waals surface area contributed by atoms with Crippen molar-refractivity contribution in [2.75, 3.05) is 0 Å². The lowest BCUT2D eigenvalue weighted by molar-refractivity contribution is 0.315. The van der Waals surface area contributed by atoms with Crippen LogP contribution in [0.25, 0.3) is 0 Å². The topological polar surface area (TPSA) is 45.0 Å². The number of aliphatic hydroxyl groups excluding tert-OH is 1. The van der Waals surface area contributed by atoms with Crippen molar-refractivity contribution < 1.29 is 5.11 Å². The van der Waals surface area contributed by atoms with Gasteiger partial charge in [0, 0.05) is 12.4 Å². The minimum absolute atomic E-state index is 0.787. The highest BCUT2D eigenvalue weighted by Crippen LogP contribution is 2.10. The predicted molar refractivity (Wildman–Crippen MR) is 75.2 cm³/mol. The van der Waals surface area contributed by atoms with E-state index in [9.17, 15) is 5.11 Å². The number of hydrogen-bond acceptors (Lipinski definition) is 3. The molecule has 3 nitrogen and oxygen atoms in total. The van der Waals surface area contributed by atoms with Crippen molar-refractivity contribution in [3.05, 3.63) is 60.7 Å². The maximum atomic E-state index is 9.67. The normalized spacial score (nSPS) is 13.2. The number of hydrogen-bond donors (Lipinski definition) is 1. The summed E-state index contributed by atoms with van der Waals surface area (Å²) in [5.41, 5.74) is 1.62. The molecule has 3 heteroatoms. The van der Waals surface area contributed by atoms with Crippen LogP contribution in [0.5, 0.6) is 0 Å². The van der Waals surface area contributed by atoms with Gasteiger partial charge in [-0.25, -0.2) is 0 Å². The molecule has 2 rings (SSSR count). The van der Waals surface area contributed by atoms with Gasteiger partial charge in [0.1, 0.15) is 6.10 Å². The molecule has 0 unspecified atom stereocenters. The highest BCUT2D eigenvalue weighted by molar-refractivity contribution is 5.88. The first-order valence-electron chi connectivity index (χ1n) is 5.71. The third-order valence-electron chi connectivity index (χ3n) is 2.27. The molecule has 0 aromatic heterocycles. The van der Waals surface area contributed by atoms with Crippen LogP contribution in [0.2, 0.25) is 0 Å². The lowest BCUT2D eigenvalue weighted by Gasteiger charge is -1.97. The Hall–Kier alpha value is -2.26. The fourth-order valence-corrected chi connectivity index (χ4v) is 1.39. The molecule has 0 aliphatic carbocycles. The highest BCUT2D eigenvalue weighted by atomic mass is 16.3. The molecule has 2 aromatic rings. The zero-order valence-corrected chi connectivity index (χ0v) is 9.85. The molecule has 1 N–H and O–H groups in total. The van der Waals surface area contributed by atoms with E-state index in [0.717, 1.165) is 11.4 Å². The van der Waals surface area contributed by atoms with Gasteiger partial charge >= 0.3 is 0 Å². The number of aliphatic hydroxyl groups is 1. The molecule has 18 heavy (non-hydrogen) atoms. The zero-order chi connectivity index (χ0) is 12.6. The molecular formula is C15H14N2O. The summed E-state index contributed by atoms with van der Waals surface area (Å²) in [6.07, 6.45) is 2.13. The van der Waals surface area contributed by atoms with E-state index in [4.69, 9.17) is 0 Å². The number of aliphatic imine (C=N–C) groups is 2. The monoisotopic (exact) mass is 238 g/mol. The van der Waals surface area contributed by atoms with Crippen molar-refractivity contribution in [1.82, 2.24) is 0 Å². The average molecular weight is 238 g/mol. The Bertz CT molecular complexity index is 471. The SMILES string of the molecule is OC(C=Nc1ccccc1)C=Nc1ccccc1. The Morgan fingerprint density at radius 3 is 1.50 bits per heavy atom. The maximum absolute atomic E-state index is 9.67. The molecule has 90 valence electrons. The number of nitrogens with zero attached hydrogens (tertiary/aromatic N) is 2. The second-order valence-corrected chi connectivity index (χ2v) is 3.72. The fraction of sp³-hybridized carbons (Fsp3) is 0.0667. The van der Waals surface area contributed by atoms with E-state index in [1.807, 2.05) is 60.7 Å². The lowest BCUT2D eigenvalue weighted by Crippen LogP contribution is -2.08. The Labute approximate surface area is 106 Å². The molecule has 0 heterocycles. The molecule has 0 bridgehead atoms. The number of rotatable bonds is 4. The predicted octanol–water partition coefficient (Wildman–Crippen LogP) is 3.15. The molecule has 0 amide bonds. The van der Waals surface area contributed by atoms with Gasteiger partial charge in [-0.2, -0.15) is 0 Å². The quantitative estimate of drug-likeness (QED) is 0.817. The molecule has 0 aliphatic heterocycles. The first kappa shape index (κ1) is 12.2. The van der Waals surface area contributed by atoms with E-state index >= 15 is 0 Å². The third-order valence-corrected chi connectivity index (χ3v) is 2.27. The van der Waals surface area contributed by atoms with Crippen molar-refractivity contribution in [2.45, 2.75) is 6.10 Å². The van der Waals surface area contributed by atoms with Crippen LogP contribution in [0, 0.1) is 0 Å². The summed E-state index contributed by atoms with van der Waals surface area (Å²) in [5, 5.41) is 9.67. The van der Waals surface area contributed by atoms with Gasteiger partial charge in [-0.05, 0) is 24.3 Å². The van der Waals surface area contributed by atoms with Gasteiger partial charge < -0.3 is 5.11 Å². The largest absolute Gasteiger partial charge is 0.382 e. The van der Waals surface area contributed by atoms with Crippen LogP contribution in [0.4, 0.5) is 11.4 Å². The van der Waals surface area contributed by atoms with Gasteiger partial charge in [0.15, 0.2) is 0 Å². The summed E-state index contributed by atoms with van der Waals surface area (Å²) >= 11 is 0. The second kappa shape index (κ2) is 6.47. The van der Waals surface area contributed by atoms with E-state index in [-0.39, 0.29) is 0 Å². The van der Waals surface area contributed by atoms with Crippen molar-refractivity contribution in [1.29, 1.82) is 0 Å². The van der Waals surface area contributed by atoms with Crippen LogP contribution >= 0.6 is 0 Å². The highest BCUT2D eigenvalue weighted by Gasteiger charge is 1.94. The van der Waals surface area contributed by atoms with Gasteiger partial charge in [0.05, 0.1) is 11.4 Å². The summed E-state index contributed by atoms with van der Waals surface area (Å²) in [6.45, 7) is 0. The summed E-state index contributed by atoms with van der Waals surface area (Å²) in [7, 11) is 0. The molecule has 0 fully saturated rings. The molecule has 0 saturated heterocycles. The Morgan fingerprint density at radius 1 is 0.722 bits per heavy atom. The molecule has 2 aromatic carbocycles. The van der Waals surface area contributed by atoms with Crippen LogP contribution in [0.15, 0.2) is 70.6 Å². The van der Waals surface area contributed by atoms with Crippen molar-refractivity contribution >= 4 is 23.8 Å². The minimum Gasteiger partial charge on any atom is -0.382 e. The van der Waals surface area contributed by atoms with Gasteiger partial charge in [-0.3, -0.25) is 9.98 Å². The van der Waals surface area contributed by atoms with Crippen LogP contribution in [0.3, 0.4) is 0 Å². The van der Waals surface area contributed by atoms with Crippen molar-refractivity contribution in [2.24, 2.45) is 9.98 Å². The van der Waals surface area contributed by atoms with Crippen LogP contribution in [-0.2, 0) is 0 Å². The number of benzene rings is 2. The fourth-order valence-electron chi connectivity index (χ4n) is 1.39. The maximum Gasteiger partial charge on any atom is 0.124 e. The van der Waals surface area contributed by atoms with Crippen molar-refractivity contribution in [3.63, 3.8) is 0 Å². The van der Waals surface area contributed by atoms with E-state index in [2.05, 4.69) is 9.98 Å². The molecular weight excluding hydrogens is 224 g/mol. The van der Waals surface area contributed by atoms with Gasteiger partial charge in [0.2, 0.25) is 0 Å².